The van der Waals surface area contributed by atoms with Gasteiger partial charge in [-0.25, -0.2) is 4.79 Å². The first-order valence-electron chi connectivity index (χ1n) is 3.45. The second kappa shape index (κ2) is 3.71. The van der Waals surface area contributed by atoms with E-state index in [9.17, 15) is 4.79 Å². The number of hydrogen-bond acceptors (Lipinski definition) is 3. The quantitative estimate of drug-likeness (QED) is 0.725. The summed E-state index contributed by atoms with van der Waals surface area (Å²) in [6, 6.07) is 1.73. The number of rotatable bonds is 3. The molecule has 0 amide bonds. The van der Waals surface area contributed by atoms with Gasteiger partial charge < -0.3 is 9.84 Å². The summed E-state index contributed by atoms with van der Waals surface area (Å²) in [6.07, 6.45) is 3.16. The van der Waals surface area contributed by atoms with E-state index in [0.717, 1.165) is 5.56 Å². The van der Waals surface area contributed by atoms with Crippen LogP contribution in [0.5, 0.6) is 5.75 Å². The molecule has 4 heteroatoms. The molecule has 0 aliphatic carbocycles. The van der Waals surface area contributed by atoms with Crippen LogP contribution in [0.15, 0.2) is 18.5 Å². The Morgan fingerprint density at radius 2 is 2.42 bits per heavy atom. The van der Waals surface area contributed by atoms with E-state index in [4.69, 9.17) is 9.84 Å². The summed E-state index contributed by atoms with van der Waals surface area (Å²) in [6.45, 7) is 1.53. The Morgan fingerprint density at radius 1 is 1.67 bits per heavy atom. The fraction of sp³-hybridized carbons (Fsp3) is 0.250. The summed E-state index contributed by atoms with van der Waals surface area (Å²) in [4.78, 5) is 14.0. The van der Waals surface area contributed by atoms with Crippen LogP contribution in [0.2, 0.25) is 0 Å². The van der Waals surface area contributed by atoms with Gasteiger partial charge in [0.2, 0.25) is 0 Å². The third kappa shape index (κ3) is 2.57. The Labute approximate surface area is 69.8 Å². The number of aromatic nitrogens is 1. The molecule has 0 aliphatic rings. The van der Waals surface area contributed by atoms with E-state index >= 15 is 0 Å². The van der Waals surface area contributed by atoms with Crippen LogP contribution in [0, 0.1) is 6.92 Å². The van der Waals surface area contributed by atoms with Crippen molar-refractivity contribution in [1.82, 2.24) is 4.98 Å². The van der Waals surface area contributed by atoms with E-state index in [2.05, 4.69) is 4.98 Å². The van der Waals surface area contributed by atoms with Gasteiger partial charge in [-0.2, -0.15) is 0 Å². The van der Waals surface area contributed by atoms with Gasteiger partial charge in [-0.05, 0) is 18.6 Å². The maximum absolute atomic E-state index is 10.1. The lowest BCUT2D eigenvalue weighted by Crippen LogP contribution is -2.09. The number of carbonyl (C=O) groups is 1. The Kier molecular flexibility index (Phi) is 2.63. The van der Waals surface area contributed by atoms with Crippen LogP contribution in [-0.2, 0) is 4.79 Å². The minimum absolute atomic E-state index is 0.328. The number of ether oxygens (including phenoxy) is 1. The van der Waals surface area contributed by atoms with Crippen molar-refractivity contribution in [2.75, 3.05) is 6.61 Å². The molecule has 0 fully saturated rings. The molecule has 0 bridgehead atoms. The second-order valence-electron chi connectivity index (χ2n) is 2.38. The number of pyridine rings is 1. The average molecular weight is 167 g/mol. The molecular weight excluding hydrogens is 158 g/mol. The highest BCUT2D eigenvalue weighted by atomic mass is 16.5. The number of hydrogen-bond donors (Lipinski definition) is 1. The molecule has 1 rings (SSSR count). The van der Waals surface area contributed by atoms with Gasteiger partial charge in [0, 0.05) is 6.20 Å². The van der Waals surface area contributed by atoms with E-state index in [1.54, 1.807) is 12.3 Å². The highest BCUT2D eigenvalue weighted by Gasteiger charge is 1.98. The van der Waals surface area contributed by atoms with Crippen molar-refractivity contribution in [2.45, 2.75) is 6.92 Å². The lowest BCUT2D eigenvalue weighted by Gasteiger charge is -2.01. The first-order valence-corrected chi connectivity index (χ1v) is 3.45. The zero-order chi connectivity index (χ0) is 8.97. The summed E-state index contributed by atoms with van der Waals surface area (Å²) in [7, 11) is 0. The first-order chi connectivity index (χ1) is 5.68. The molecule has 1 heterocycles. The van der Waals surface area contributed by atoms with Gasteiger partial charge in [0.05, 0.1) is 6.20 Å². The molecule has 1 N–H and O–H groups in total. The summed E-state index contributed by atoms with van der Waals surface area (Å²) in [5, 5.41) is 8.30. The molecule has 0 unspecified atom stereocenters. The topological polar surface area (TPSA) is 59.4 Å². The Bertz CT molecular complexity index is 285. The van der Waals surface area contributed by atoms with E-state index < -0.39 is 5.97 Å². The van der Waals surface area contributed by atoms with Gasteiger partial charge in [0.15, 0.2) is 6.61 Å². The third-order valence-electron chi connectivity index (χ3n) is 1.21. The van der Waals surface area contributed by atoms with Crippen LogP contribution in [0.1, 0.15) is 5.56 Å². The largest absolute Gasteiger partial charge is 0.480 e. The first kappa shape index (κ1) is 8.52. The van der Waals surface area contributed by atoms with Crippen LogP contribution in [-0.4, -0.2) is 22.7 Å². The van der Waals surface area contributed by atoms with E-state index in [0.29, 0.717) is 5.75 Å². The molecule has 1 aromatic rings. The zero-order valence-electron chi connectivity index (χ0n) is 6.65. The zero-order valence-corrected chi connectivity index (χ0v) is 6.65. The lowest BCUT2D eigenvalue weighted by molar-refractivity contribution is -0.139. The Morgan fingerprint density at radius 3 is 3.00 bits per heavy atom. The van der Waals surface area contributed by atoms with Crippen LogP contribution >= 0.6 is 0 Å². The van der Waals surface area contributed by atoms with E-state index in [1.807, 2.05) is 6.92 Å². The van der Waals surface area contributed by atoms with Crippen molar-refractivity contribution in [1.29, 1.82) is 0 Å². The molecule has 0 saturated heterocycles. The molecule has 4 nitrogen and oxygen atoms in total. The lowest BCUT2D eigenvalue weighted by atomic mass is 10.3. The van der Waals surface area contributed by atoms with Gasteiger partial charge in [-0.15, -0.1) is 0 Å². The van der Waals surface area contributed by atoms with E-state index in [-0.39, 0.29) is 6.61 Å². The Balaban J connectivity index is 2.57. The maximum atomic E-state index is 10.1. The minimum Gasteiger partial charge on any atom is -0.480 e. The van der Waals surface area contributed by atoms with Crippen molar-refractivity contribution in [3.8, 4) is 5.75 Å². The minimum atomic E-state index is -0.989. The summed E-state index contributed by atoms with van der Waals surface area (Å²) in [5.41, 5.74) is 0.942. The van der Waals surface area contributed by atoms with Gasteiger partial charge in [0.25, 0.3) is 0 Å². The number of aliphatic carboxylic acids is 1. The number of carboxylic acid groups (broad SMARTS) is 1. The second-order valence-corrected chi connectivity index (χ2v) is 2.38. The van der Waals surface area contributed by atoms with Gasteiger partial charge in [-0.3, -0.25) is 4.98 Å². The van der Waals surface area contributed by atoms with E-state index in [1.165, 1.54) is 6.20 Å². The predicted octanol–water partition coefficient (Wildman–Crippen LogP) is 0.853. The average Bonchev–Trinajstić information content (AvgIpc) is 2.01. The highest BCUT2D eigenvalue weighted by Crippen LogP contribution is 2.09. The standard InChI is InChI=1S/C8H9NO3/c1-6-2-7(4-9-3-6)12-5-8(10)11/h2-4H,5H2,1H3,(H,10,11). The normalized spacial score (nSPS) is 9.42. The van der Waals surface area contributed by atoms with Crippen LogP contribution < -0.4 is 4.74 Å². The molecule has 0 radical (unpaired) electrons. The van der Waals surface area contributed by atoms with Crippen molar-refractivity contribution in [3.63, 3.8) is 0 Å². The highest BCUT2D eigenvalue weighted by molar-refractivity contribution is 5.68. The van der Waals surface area contributed by atoms with Gasteiger partial charge in [0.1, 0.15) is 5.75 Å². The fourth-order valence-corrected chi connectivity index (χ4v) is 0.751. The van der Waals surface area contributed by atoms with Crippen molar-refractivity contribution < 1.29 is 14.6 Å². The molecule has 0 atom stereocenters. The van der Waals surface area contributed by atoms with Crippen molar-refractivity contribution >= 4 is 5.97 Å². The van der Waals surface area contributed by atoms with Crippen molar-refractivity contribution in [2.24, 2.45) is 0 Å². The molecule has 0 spiro atoms. The SMILES string of the molecule is Cc1cncc(OCC(=O)O)c1. The van der Waals surface area contributed by atoms with Crippen LogP contribution in [0.4, 0.5) is 0 Å². The summed E-state index contributed by atoms with van der Waals surface area (Å²) >= 11 is 0. The van der Waals surface area contributed by atoms with Gasteiger partial charge in [-0.1, -0.05) is 0 Å². The maximum Gasteiger partial charge on any atom is 0.341 e. The molecule has 1 aromatic heterocycles. The van der Waals surface area contributed by atoms with Crippen LogP contribution in [0.3, 0.4) is 0 Å². The molecule has 0 aliphatic heterocycles. The molecular formula is C8H9NO3. The molecule has 0 aromatic carbocycles. The summed E-state index contributed by atoms with van der Waals surface area (Å²) < 4.78 is 4.89. The smallest absolute Gasteiger partial charge is 0.341 e. The summed E-state index contributed by atoms with van der Waals surface area (Å²) in [5.74, 6) is -0.506. The predicted molar refractivity (Wildman–Crippen MR) is 42.1 cm³/mol. The van der Waals surface area contributed by atoms with Gasteiger partial charge >= 0.3 is 5.97 Å². The number of aryl methyl sites for hydroxylation is 1. The molecule has 64 valence electrons. The monoisotopic (exact) mass is 167 g/mol. The third-order valence-corrected chi connectivity index (χ3v) is 1.21. The molecule has 0 saturated carbocycles. The number of carboxylic acids is 1. The van der Waals surface area contributed by atoms with Crippen LogP contribution in [0.25, 0.3) is 0 Å². The van der Waals surface area contributed by atoms with Crippen molar-refractivity contribution in [3.05, 3.63) is 24.0 Å². The number of nitrogens with zero attached hydrogens (tertiary/aromatic N) is 1. The Hall–Kier alpha value is -1.58. The molecule has 12 heavy (non-hydrogen) atoms. The fourth-order valence-electron chi connectivity index (χ4n) is 0.751.